The SMILES string of the molecule is NNc1cccc(C=CC(=O)c2ccc(C(=O)N3CCCCC3)cc2)n1. The van der Waals surface area contributed by atoms with Crippen LogP contribution in [0.2, 0.25) is 0 Å². The third-order valence-corrected chi connectivity index (χ3v) is 4.38. The van der Waals surface area contributed by atoms with Gasteiger partial charge in [0.05, 0.1) is 5.69 Å². The molecule has 2 aromatic rings. The second-order valence-electron chi connectivity index (χ2n) is 6.22. The van der Waals surface area contributed by atoms with Gasteiger partial charge < -0.3 is 10.3 Å². The lowest BCUT2D eigenvalue weighted by molar-refractivity contribution is 0.0724. The summed E-state index contributed by atoms with van der Waals surface area (Å²) < 4.78 is 0. The number of hydrogen-bond acceptors (Lipinski definition) is 5. The number of benzene rings is 1. The van der Waals surface area contributed by atoms with E-state index in [1.807, 2.05) is 4.90 Å². The zero-order chi connectivity index (χ0) is 18.4. The van der Waals surface area contributed by atoms with E-state index in [1.54, 1.807) is 48.5 Å². The molecule has 26 heavy (non-hydrogen) atoms. The molecule has 0 saturated carbocycles. The number of aromatic nitrogens is 1. The number of carbonyl (C=O) groups excluding carboxylic acids is 2. The van der Waals surface area contributed by atoms with E-state index in [4.69, 9.17) is 5.84 Å². The number of pyridine rings is 1. The number of nitrogens with one attached hydrogen (secondary N) is 1. The van der Waals surface area contributed by atoms with Gasteiger partial charge in [-0.15, -0.1) is 0 Å². The summed E-state index contributed by atoms with van der Waals surface area (Å²) in [5.74, 6) is 5.74. The number of nitrogen functional groups attached to an aromatic ring is 1. The second kappa shape index (κ2) is 8.40. The highest BCUT2D eigenvalue weighted by atomic mass is 16.2. The normalized spacial score (nSPS) is 14.4. The highest BCUT2D eigenvalue weighted by Crippen LogP contribution is 2.14. The van der Waals surface area contributed by atoms with Crippen molar-refractivity contribution in [3.05, 3.63) is 65.4 Å². The van der Waals surface area contributed by atoms with Crippen LogP contribution in [-0.2, 0) is 0 Å². The van der Waals surface area contributed by atoms with Crippen LogP contribution >= 0.6 is 0 Å². The Morgan fingerprint density at radius 2 is 1.69 bits per heavy atom. The minimum atomic E-state index is -0.144. The number of amides is 1. The van der Waals surface area contributed by atoms with Crippen LogP contribution in [0.5, 0.6) is 0 Å². The summed E-state index contributed by atoms with van der Waals surface area (Å²) in [4.78, 5) is 30.9. The van der Waals surface area contributed by atoms with Crippen molar-refractivity contribution < 1.29 is 9.59 Å². The second-order valence-corrected chi connectivity index (χ2v) is 6.22. The van der Waals surface area contributed by atoms with E-state index in [-0.39, 0.29) is 11.7 Å². The maximum absolute atomic E-state index is 12.5. The lowest BCUT2D eigenvalue weighted by atomic mass is 10.1. The van der Waals surface area contributed by atoms with Crippen LogP contribution in [-0.4, -0.2) is 34.7 Å². The lowest BCUT2D eigenvalue weighted by Crippen LogP contribution is -2.35. The van der Waals surface area contributed by atoms with Gasteiger partial charge in [0.2, 0.25) is 0 Å². The van der Waals surface area contributed by atoms with Crippen molar-refractivity contribution in [2.24, 2.45) is 5.84 Å². The number of allylic oxidation sites excluding steroid dienone is 1. The molecule has 0 radical (unpaired) electrons. The first-order valence-electron chi connectivity index (χ1n) is 8.73. The Morgan fingerprint density at radius 1 is 1.00 bits per heavy atom. The Morgan fingerprint density at radius 3 is 2.38 bits per heavy atom. The highest BCUT2D eigenvalue weighted by Gasteiger charge is 2.18. The summed E-state index contributed by atoms with van der Waals surface area (Å²) in [6.45, 7) is 1.62. The van der Waals surface area contributed by atoms with Crippen molar-refractivity contribution in [2.75, 3.05) is 18.5 Å². The van der Waals surface area contributed by atoms with Gasteiger partial charge in [-0.1, -0.05) is 18.2 Å². The van der Waals surface area contributed by atoms with E-state index in [0.29, 0.717) is 22.6 Å². The van der Waals surface area contributed by atoms with Crippen molar-refractivity contribution >= 4 is 23.6 Å². The number of ketones is 1. The molecule has 1 aliphatic heterocycles. The quantitative estimate of drug-likeness (QED) is 0.375. The molecule has 1 amide bonds. The van der Waals surface area contributed by atoms with E-state index in [0.717, 1.165) is 25.9 Å². The average Bonchev–Trinajstić information content (AvgIpc) is 2.72. The largest absolute Gasteiger partial charge is 0.339 e. The Bertz CT molecular complexity index is 809. The van der Waals surface area contributed by atoms with Crippen molar-refractivity contribution in [1.29, 1.82) is 0 Å². The van der Waals surface area contributed by atoms with Crippen LogP contribution in [0.3, 0.4) is 0 Å². The van der Waals surface area contributed by atoms with Crippen LogP contribution < -0.4 is 11.3 Å². The third kappa shape index (κ3) is 4.34. The number of piperidine rings is 1. The number of nitrogens with two attached hydrogens (primary N) is 1. The molecule has 134 valence electrons. The maximum Gasteiger partial charge on any atom is 0.253 e. The van der Waals surface area contributed by atoms with Gasteiger partial charge in [0, 0.05) is 24.2 Å². The topological polar surface area (TPSA) is 88.3 Å². The molecule has 0 spiro atoms. The fourth-order valence-electron chi connectivity index (χ4n) is 2.94. The van der Waals surface area contributed by atoms with Gasteiger partial charge in [-0.05, 0) is 55.7 Å². The average molecular weight is 350 g/mol. The molecule has 1 fully saturated rings. The molecule has 0 bridgehead atoms. The van der Waals surface area contributed by atoms with E-state index >= 15 is 0 Å². The molecule has 2 heterocycles. The zero-order valence-electron chi connectivity index (χ0n) is 14.5. The van der Waals surface area contributed by atoms with Crippen LogP contribution in [0.4, 0.5) is 5.82 Å². The molecule has 6 heteroatoms. The van der Waals surface area contributed by atoms with Crippen LogP contribution in [0.15, 0.2) is 48.5 Å². The third-order valence-electron chi connectivity index (χ3n) is 4.38. The number of hydrogen-bond donors (Lipinski definition) is 2. The monoisotopic (exact) mass is 350 g/mol. The molecular weight excluding hydrogens is 328 g/mol. The van der Waals surface area contributed by atoms with E-state index < -0.39 is 0 Å². The molecule has 1 aromatic heterocycles. The zero-order valence-corrected chi connectivity index (χ0v) is 14.5. The van der Waals surface area contributed by atoms with Gasteiger partial charge in [0.15, 0.2) is 5.78 Å². The van der Waals surface area contributed by atoms with Crippen molar-refractivity contribution in [2.45, 2.75) is 19.3 Å². The lowest BCUT2D eigenvalue weighted by Gasteiger charge is -2.26. The molecule has 0 atom stereocenters. The smallest absolute Gasteiger partial charge is 0.253 e. The summed E-state index contributed by atoms with van der Waals surface area (Å²) in [5.41, 5.74) is 4.25. The molecule has 0 unspecified atom stereocenters. The molecule has 1 aromatic carbocycles. The Balaban J connectivity index is 1.66. The summed E-state index contributed by atoms with van der Waals surface area (Å²) in [5, 5.41) is 0. The number of anilines is 1. The Labute approximate surface area is 152 Å². The summed E-state index contributed by atoms with van der Waals surface area (Å²) in [6, 6.07) is 12.1. The molecule has 3 N–H and O–H groups in total. The molecule has 1 aliphatic rings. The predicted molar refractivity (Wildman–Crippen MR) is 102 cm³/mol. The van der Waals surface area contributed by atoms with Crippen molar-refractivity contribution in [3.8, 4) is 0 Å². The fraction of sp³-hybridized carbons (Fsp3) is 0.250. The van der Waals surface area contributed by atoms with Crippen molar-refractivity contribution in [3.63, 3.8) is 0 Å². The van der Waals surface area contributed by atoms with Crippen LogP contribution in [0.1, 0.15) is 45.7 Å². The summed E-state index contributed by atoms with van der Waals surface area (Å²) in [7, 11) is 0. The number of rotatable bonds is 5. The van der Waals surface area contributed by atoms with E-state index in [1.165, 1.54) is 12.5 Å². The standard InChI is InChI=1S/C20H22N4O2/c21-23-19-6-4-5-17(22-19)11-12-18(25)15-7-9-16(10-8-15)20(26)24-13-2-1-3-14-24/h4-12H,1-3,13-14,21H2,(H,22,23). The predicted octanol–water partition coefficient (Wildman–Crippen LogP) is 2.89. The van der Waals surface area contributed by atoms with Gasteiger partial charge in [0.1, 0.15) is 5.82 Å². The molecule has 3 rings (SSSR count). The van der Waals surface area contributed by atoms with Crippen LogP contribution in [0, 0.1) is 0 Å². The maximum atomic E-state index is 12.5. The first-order valence-corrected chi connectivity index (χ1v) is 8.73. The molecule has 1 saturated heterocycles. The van der Waals surface area contributed by atoms with Gasteiger partial charge in [0.25, 0.3) is 5.91 Å². The minimum Gasteiger partial charge on any atom is -0.339 e. The molecule has 6 nitrogen and oxygen atoms in total. The fourth-order valence-corrected chi connectivity index (χ4v) is 2.94. The Hall–Kier alpha value is -2.99. The summed E-state index contributed by atoms with van der Waals surface area (Å²) in [6.07, 6.45) is 6.40. The number of carbonyl (C=O) groups is 2. The van der Waals surface area contributed by atoms with E-state index in [2.05, 4.69) is 10.4 Å². The van der Waals surface area contributed by atoms with Gasteiger partial charge in [-0.25, -0.2) is 10.8 Å². The number of hydrazine groups is 1. The first kappa shape index (κ1) is 17.8. The molecular formula is C20H22N4O2. The minimum absolute atomic E-state index is 0.0366. The van der Waals surface area contributed by atoms with E-state index in [9.17, 15) is 9.59 Å². The van der Waals surface area contributed by atoms with Crippen molar-refractivity contribution in [1.82, 2.24) is 9.88 Å². The first-order chi connectivity index (χ1) is 12.7. The summed E-state index contributed by atoms with van der Waals surface area (Å²) >= 11 is 0. The number of likely N-dealkylation sites (tertiary alicyclic amines) is 1. The van der Waals surface area contributed by atoms with Crippen LogP contribution in [0.25, 0.3) is 6.08 Å². The Kier molecular flexibility index (Phi) is 5.76. The number of nitrogens with zero attached hydrogens (tertiary/aromatic N) is 2. The highest BCUT2D eigenvalue weighted by molar-refractivity contribution is 6.07. The molecule has 0 aliphatic carbocycles. The van der Waals surface area contributed by atoms with Gasteiger partial charge in [-0.2, -0.15) is 0 Å². The van der Waals surface area contributed by atoms with Gasteiger partial charge >= 0.3 is 0 Å². The van der Waals surface area contributed by atoms with Gasteiger partial charge in [-0.3, -0.25) is 9.59 Å².